The second-order valence-corrected chi connectivity index (χ2v) is 6.21. The van der Waals surface area contributed by atoms with Crippen molar-refractivity contribution in [2.75, 3.05) is 12.4 Å². The van der Waals surface area contributed by atoms with Gasteiger partial charge < -0.3 is 10.1 Å². The lowest BCUT2D eigenvalue weighted by Gasteiger charge is -2.37. The number of nitrogens with one attached hydrogen (secondary N) is 1. The van der Waals surface area contributed by atoms with Gasteiger partial charge in [-0.2, -0.15) is 0 Å². The Kier molecular flexibility index (Phi) is 3.97. The van der Waals surface area contributed by atoms with Crippen molar-refractivity contribution in [2.45, 2.75) is 24.8 Å². The topological polar surface area (TPSA) is 21.3 Å². The van der Waals surface area contributed by atoms with Gasteiger partial charge in [0.25, 0.3) is 0 Å². The zero-order valence-electron chi connectivity index (χ0n) is 11.5. The molecule has 1 N–H and O–H groups in total. The normalized spacial score (nSPS) is 21.1. The maximum Gasteiger partial charge on any atom is 0.120 e. The molecule has 0 spiro atoms. The molecular weight excluding hydrogens is 314 g/mol. The first-order chi connectivity index (χ1) is 9.74. The van der Waals surface area contributed by atoms with E-state index in [4.69, 9.17) is 4.74 Å². The van der Waals surface area contributed by atoms with E-state index in [1.165, 1.54) is 18.4 Å². The number of benzene rings is 2. The van der Waals surface area contributed by atoms with Gasteiger partial charge in [0.05, 0.1) is 7.11 Å². The van der Waals surface area contributed by atoms with Crippen molar-refractivity contribution in [1.29, 1.82) is 0 Å². The first-order valence-corrected chi connectivity index (χ1v) is 7.70. The molecule has 0 radical (unpaired) electrons. The van der Waals surface area contributed by atoms with Crippen molar-refractivity contribution >= 4 is 21.6 Å². The predicted octanol–water partition coefficient (Wildman–Crippen LogP) is 4.82. The van der Waals surface area contributed by atoms with Gasteiger partial charge >= 0.3 is 0 Å². The molecule has 3 rings (SSSR count). The quantitative estimate of drug-likeness (QED) is 0.867. The molecule has 2 aromatic carbocycles. The third-order valence-corrected chi connectivity index (χ3v) is 4.45. The third kappa shape index (κ3) is 2.98. The van der Waals surface area contributed by atoms with Crippen molar-refractivity contribution in [2.24, 2.45) is 0 Å². The summed E-state index contributed by atoms with van der Waals surface area (Å²) in [4.78, 5) is 0. The Morgan fingerprint density at radius 2 is 1.85 bits per heavy atom. The molecule has 3 heteroatoms. The average Bonchev–Trinajstić information content (AvgIpc) is 2.44. The van der Waals surface area contributed by atoms with Crippen LogP contribution in [0.5, 0.6) is 5.75 Å². The Hall–Kier alpha value is -1.48. The Labute approximate surface area is 128 Å². The molecule has 0 aromatic heterocycles. The van der Waals surface area contributed by atoms with E-state index < -0.39 is 0 Å². The van der Waals surface area contributed by atoms with Crippen LogP contribution in [0, 0.1) is 0 Å². The van der Waals surface area contributed by atoms with Crippen LogP contribution in [0.3, 0.4) is 0 Å². The van der Waals surface area contributed by atoms with Crippen LogP contribution >= 0.6 is 15.9 Å². The SMILES string of the molecule is COc1cccc(NC2CC(c3ccc(Br)cc3)C2)c1. The van der Waals surface area contributed by atoms with Crippen molar-refractivity contribution in [1.82, 2.24) is 0 Å². The highest BCUT2D eigenvalue weighted by Crippen LogP contribution is 2.39. The molecule has 2 aromatic rings. The summed E-state index contributed by atoms with van der Waals surface area (Å²) in [6.07, 6.45) is 2.39. The van der Waals surface area contributed by atoms with E-state index in [1.807, 2.05) is 18.2 Å². The summed E-state index contributed by atoms with van der Waals surface area (Å²) >= 11 is 3.48. The summed E-state index contributed by atoms with van der Waals surface area (Å²) in [5, 5.41) is 3.57. The van der Waals surface area contributed by atoms with E-state index in [9.17, 15) is 0 Å². The summed E-state index contributed by atoms with van der Waals surface area (Å²) in [6.45, 7) is 0. The molecule has 0 bridgehead atoms. The van der Waals surface area contributed by atoms with E-state index in [-0.39, 0.29) is 0 Å². The van der Waals surface area contributed by atoms with E-state index in [1.54, 1.807) is 7.11 Å². The molecule has 1 saturated carbocycles. The van der Waals surface area contributed by atoms with Crippen LogP contribution in [0.1, 0.15) is 24.3 Å². The van der Waals surface area contributed by atoms with Gasteiger partial charge in [0.1, 0.15) is 5.75 Å². The third-order valence-electron chi connectivity index (χ3n) is 3.92. The highest BCUT2D eigenvalue weighted by atomic mass is 79.9. The fourth-order valence-electron chi connectivity index (χ4n) is 2.69. The summed E-state index contributed by atoms with van der Waals surface area (Å²) < 4.78 is 6.39. The largest absolute Gasteiger partial charge is 0.497 e. The molecule has 0 amide bonds. The van der Waals surface area contributed by atoms with Gasteiger partial charge in [-0.1, -0.05) is 34.1 Å². The monoisotopic (exact) mass is 331 g/mol. The smallest absolute Gasteiger partial charge is 0.120 e. The second-order valence-electron chi connectivity index (χ2n) is 5.29. The van der Waals surface area contributed by atoms with Crippen LogP contribution in [0.25, 0.3) is 0 Å². The molecule has 20 heavy (non-hydrogen) atoms. The van der Waals surface area contributed by atoms with E-state index >= 15 is 0 Å². The van der Waals surface area contributed by atoms with Crippen LogP contribution in [0.15, 0.2) is 53.0 Å². The molecule has 0 unspecified atom stereocenters. The zero-order valence-corrected chi connectivity index (χ0v) is 13.1. The lowest BCUT2D eigenvalue weighted by atomic mass is 9.76. The summed E-state index contributed by atoms with van der Waals surface area (Å²) in [5.41, 5.74) is 2.58. The number of hydrogen-bond donors (Lipinski definition) is 1. The van der Waals surface area contributed by atoms with Crippen LogP contribution in [0.2, 0.25) is 0 Å². The van der Waals surface area contributed by atoms with Crippen molar-refractivity contribution < 1.29 is 4.74 Å². The van der Waals surface area contributed by atoms with Gasteiger partial charge in [-0.15, -0.1) is 0 Å². The molecule has 104 valence electrons. The fourth-order valence-corrected chi connectivity index (χ4v) is 2.96. The molecule has 1 aliphatic rings. The van der Waals surface area contributed by atoms with Gasteiger partial charge in [-0.05, 0) is 48.6 Å². The minimum absolute atomic E-state index is 0.566. The molecule has 1 fully saturated rings. The van der Waals surface area contributed by atoms with Gasteiger partial charge in [0.2, 0.25) is 0 Å². The van der Waals surface area contributed by atoms with Gasteiger partial charge in [-0.3, -0.25) is 0 Å². The minimum atomic E-state index is 0.566. The Morgan fingerprint density at radius 1 is 1.10 bits per heavy atom. The maximum atomic E-state index is 5.25. The molecule has 0 atom stereocenters. The number of anilines is 1. The average molecular weight is 332 g/mol. The summed E-state index contributed by atoms with van der Waals surface area (Å²) in [7, 11) is 1.70. The van der Waals surface area contributed by atoms with Crippen LogP contribution in [-0.4, -0.2) is 13.2 Å². The van der Waals surface area contributed by atoms with E-state index in [2.05, 4.69) is 51.6 Å². The van der Waals surface area contributed by atoms with Crippen LogP contribution in [-0.2, 0) is 0 Å². The van der Waals surface area contributed by atoms with Crippen molar-refractivity contribution in [3.05, 3.63) is 58.6 Å². The fraction of sp³-hybridized carbons (Fsp3) is 0.294. The van der Waals surface area contributed by atoms with E-state index in [0.717, 1.165) is 15.9 Å². The maximum absolute atomic E-state index is 5.25. The van der Waals surface area contributed by atoms with Gasteiger partial charge in [0, 0.05) is 22.3 Å². The highest BCUT2D eigenvalue weighted by Gasteiger charge is 2.30. The number of halogens is 1. The molecule has 0 saturated heterocycles. The lowest BCUT2D eigenvalue weighted by Crippen LogP contribution is -2.33. The Morgan fingerprint density at radius 3 is 2.55 bits per heavy atom. The number of ether oxygens (including phenoxy) is 1. The highest BCUT2D eigenvalue weighted by molar-refractivity contribution is 9.10. The zero-order chi connectivity index (χ0) is 13.9. The minimum Gasteiger partial charge on any atom is -0.497 e. The van der Waals surface area contributed by atoms with Crippen LogP contribution < -0.4 is 10.1 Å². The van der Waals surface area contributed by atoms with Gasteiger partial charge in [-0.25, -0.2) is 0 Å². The van der Waals surface area contributed by atoms with Crippen molar-refractivity contribution in [3.8, 4) is 5.75 Å². The number of hydrogen-bond acceptors (Lipinski definition) is 2. The molecule has 1 aliphatic carbocycles. The molecule has 0 heterocycles. The summed E-state index contributed by atoms with van der Waals surface area (Å²) in [6, 6.07) is 17.4. The van der Waals surface area contributed by atoms with E-state index in [0.29, 0.717) is 12.0 Å². The standard InChI is InChI=1S/C17H18BrNO/c1-20-17-4-2-3-15(11-17)19-16-9-13(10-16)12-5-7-14(18)8-6-12/h2-8,11,13,16,19H,9-10H2,1H3. The number of rotatable bonds is 4. The predicted molar refractivity (Wildman–Crippen MR) is 86.5 cm³/mol. The lowest BCUT2D eigenvalue weighted by molar-refractivity contribution is 0.373. The van der Waals surface area contributed by atoms with Crippen molar-refractivity contribution in [3.63, 3.8) is 0 Å². The molecular formula is C17H18BrNO. The Balaban J connectivity index is 1.56. The molecule has 0 aliphatic heterocycles. The molecule has 2 nitrogen and oxygen atoms in total. The van der Waals surface area contributed by atoms with Crippen LogP contribution in [0.4, 0.5) is 5.69 Å². The van der Waals surface area contributed by atoms with Gasteiger partial charge in [0.15, 0.2) is 0 Å². The number of methoxy groups -OCH3 is 1. The first kappa shape index (κ1) is 13.5. The second kappa shape index (κ2) is 5.88. The first-order valence-electron chi connectivity index (χ1n) is 6.90. The summed E-state index contributed by atoms with van der Waals surface area (Å²) in [5.74, 6) is 1.59. The Bertz CT molecular complexity index is 576.